The molecule has 7 heteroatoms. The average Bonchev–Trinajstić information content (AvgIpc) is 3.06. The highest BCUT2D eigenvalue weighted by atomic mass is 16.4. The molecule has 20 heavy (non-hydrogen) atoms. The quantitative estimate of drug-likeness (QED) is 0.736. The third kappa shape index (κ3) is 2.46. The Labute approximate surface area is 113 Å². The van der Waals surface area contributed by atoms with Gasteiger partial charge in [-0.15, -0.1) is 0 Å². The van der Waals surface area contributed by atoms with Crippen molar-refractivity contribution in [3.63, 3.8) is 0 Å². The molecule has 0 amide bonds. The number of carbonyl (C=O) groups is 1. The lowest BCUT2D eigenvalue weighted by Crippen LogP contribution is -2.10. The van der Waals surface area contributed by atoms with E-state index in [0.29, 0.717) is 30.2 Å². The van der Waals surface area contributed by atoms with Gasteiger partial charge in [-0.1, -0.05) is 0 Å². The molecule has 2 aromatic heterocycles. The van der Waals surface area contributed by atoms with Crippen molar-refractivity contribution in [1.82, 2.24) is 14.8 Å². The molecule has 102 valence electrons. The second-order valence-electron chi connectivity index (χ2n) is 4.20. The third-order valence-electron chi connectivity index (χ3n) is 2.81. The fourth-order valence-corrected chi connectivity index (χ4v) is 1.84. The Kier molecular flexibility index (Phi) is 3.08. The molecule has 1 aromatic carbocycles. The largest absolute Gasteiger partial charge is 0.478 e. The molecule has 0 bridgehead atoms. The summed E-state index contributed by atoms with van der Waals surface area (Å²) >= 11 is 0. The van der Waals surface area contributed by atoms with E-state index in [1.807, 2.05) is 12.3 Å². The molecule has 0 radical (unpaired) electrons. The Morgan fingerprint density at radius 1 is 1.45 bits per heavy atom. The number of oxazole rings is 1. The fraction of sp³-hybridized carbons (Fsp3) is 0.154. The van der Waals surface area contributed by atoms with Crippen LogP contribution in [0.3, 0.4) is 0 Å². The lowest BCUT2D eigenvalue weighted by molar-refractivity contribution is 0.0697. The first-order valence-electron chi connectivity index (χ1n) is 6.07. The molecule has 0 atom stereocenters. The van der Waals surface area contributed by atoms with Crippen molar-refractivity contribution in [3.05, 3.63) is 42.2 Å². The summed E-state index contributed by atoms with van der Waals surface area (Å²) in [4.78, 5) is 15.1. The molecule has 0 aliphatic heterocycles. The number of benzene rings is 1. The summed E-state index contributed by atoms with van der Waals surface area (Å²) in [6.07, 6.45) is 3.58. The number of hydrogen-bond acceptors (Lipinski definition) is 5. The van der Waals surface area contributed by atoms with E-state index < -0.39 is 5.97 Å². The lowest BCUT2D eigenvalue weighted by Gasteiger charge is -2.01. The summed E-state index contributed by atoms with van der Waals surface area (Å²) in [5.74, 6) is -0.989. The molecule has 0 spiro atoms. The minimum absolute atomic E-state index is 0.178. The summed E-state index contributed by atoms with van der Waals surface area (Å²) < 4.78 is 7.25. The van der Waals surface area contributed by atoms with Gasteiger partial charge in [0, 0.05) is 18.9 Å². The SMILES string of the molecule is O=C(O)c1ccc2nc(NCCn3cccn3)oc2c1. The van der Waals surface area contributed by atoms with Gasteiger partial charge in [0.25, 0.3) is 6.01 Å². The molecule has 0 aliphatic rings. The van der Waals surface area contributed by atoms with Crippen molar-refractivity contribution in [2.75, 3.05) is 11.9 Å². The highest BCUT2D eigenvalue weighted by Crippen LogP contribution is 2.20. The molecule has 0 fully saturated rings. The monoisotopic (exact) mass is 272 g/mol. The summed E-state index contributed by atoms with van der Waals surface area (Å²) in [7, 11) is 0. The molecule has 0 unspecified atom stereocenters. The van der Waals surface area contributed by atoms with Crippen LogP contribution in [-0.4, -0.2) is 32.4 Å². The van der Waals surface area contributed by atoms with E-state index in [0.717, 1.165) is 0 Å². The van der Waals surface area contributed by atoms with Crippen LogP contribution < -0.4 is 5.32 Å². The number of fused-ring (bicyclic) bond motifs is 1. The maximum atomic E-state index is 10.9. The number of nitrogens with zero attached hydrogens (tertiary/aromatic N) is 3. The number of anilines is 1. The van der Waals surface area contributed by atoms with Crippen molar-refractivity contribution in [2.45, 2.75) is 6.54 Å². The lowest BCUT2D eigenvalue weighted by atomic mass is 10.2. The van der Waals surface area contributed by atoms with Gasteiger partial charge in [-0.2, -0.15) is 10.1 Å². The van der Waals surface area contributed by atoms with Crippen molar-refractivity contribution in [3.8, 4) is 0 Å². The predicted molar refractivity (Wildman–Crippen MR) is 71.7 cm³/mol. The van der Waals surface area contributed by atoms with Crippen LogP contribution in [0.25, 0.3) is 11.1 Å². The number of carboxylic acids is 1. The van der Waals surface area contributed by atoms with E-state index in [9.17, 15) is 4.79 Å². The van der Waals surface area contributed by atoms with Crippen LogP contribution in [0.2, 0.25) is 0 Å². The first kappa shape index (κ1) is 12.2. The molecule has 7 nitrogen and oxygen atoms in total. The second-order valence-corrected chi connectivity index (χ2v) is 4.20. The molecule has 2 heterocycles. The normalized spacial score (nSPS) is 10.8. The van der Waals surface area contributed by atoms with Gasteiger partial charge < -0.3 is 14.8 Å². The molecule has 0 saturated heterocycles. The Morgan fingerprint density at radius 3 is 3.10 bits per heavy atom. The van der Waals surface area contributed by atoms with Crippen molar-refractivity contribution >= 4 is 23.1 Å². The summed E-state index contributed by atoms with van der Waals surface area (Å²) in [5.41, 5.74) is 1.25. The molecular weight excluding hydrogens is 260 g/mol. The van der Waals surface area contributed by atoms with Crippen LogP contribution in [0.5, 0.6) is 0 Å². The maximum Gasteiger partial charge on any atom is 0.335 e. The van der Waals surface area contributed by atoms with Gasteiger partial charge in [-0.3, -0.25) is 4.68 Å². The number of aromatic nitrogens is 3. The Balaban J connectivity index is 1.70. The highest BCUT2D eigenvalue weighted by Gasteiger charge is 2.09. The average molecular weight is 272 g/mol. The van der Waals surface area contributed by atoms with Gasteiger partial charge in [0.05, 0.1) is 12.1 Å². The molecule has 3 rings (SSSR count). The van der Waals surface area contributed by atoms with Crippen molar-refractivity contribution < 1.29 is 14.3 Å². The first-order chi connectivity index (χ1) is 9.72. The van der Waals surface area contributed by atoms with Gasteiger partial charge in [0.15, 0.2) is 5.58 Å². The van der Waals surface area contributed by atoms with Crippen LogP contribution >= 0.6 is 0 Å². The molecular formula is C13H12N4O3. The first-order valence-corrected chi connectivity index (χ1v) is 6.07. The van der Waals surface area contributed by atoms with Crippen LogP contribution in [0.15, 0.2) is 41.1 Å². The zero-order valence-corrected chi connectivity index (χ0v) is 10.5. The minimum Gasteiger partial charge on any atom is -0.478 e. The summed E-state index contributed by atoms with van der Waals surface area (Å²) in [5, 5.41) is 16.0. The number of aromatic carboxylic acids is 1. The fourth-order valence-electron chi connectivity index (χ4n) is 1.84. The number of hydrogen-bond donors (Lipinski definition) is 2. The zero-order valence-electron chi connectivity index (χ0n) is 10.5. The summed E-state index contributed by atoms with van der Waals surface area (Å²) in [6.45, 7) is 1.30. The van der Waals surface area contributed by atoms with E-state index in [-0.39, 0.29) is 5.56 Å². The molecule has 0 saturated carbocycles. The van der Waals surface area contributed by atoms with Gasteiger partial charge in [-0.25, -0.2) is 4.79 Å². The van der Waals surface area contributed by atoms with Gasteiger partial charge in [0.1, 0.15) is 5.52 Å². The Hall–Kier alpha value is -2.83. The molecule has 3 aromatic rings. The number of rotatable bonds is 5. The summed E-state index contributed by atoms with van der Waals surface area (Å²) in [6, 6.07) is 6.81. The Bertz CT molecular complexity index is 733. The van der Waals surface area contributed by atoms with E-state index in [1.54, 1.807) is 16.9 Å². The molecule has 2 N–H and O–H groups in total. The van der Waals surface area contributed by atoms with Crippen LogP contribution in [0.1, 0.15) is 10.4 Å². The van der Waals surface area contributed by atoms with Crippen LogP contribution in [0, 0.1) is 0 Å². The third-order valence-corrected chi connectivity index (χ3v) is 2.81. The van der Waals surface area contributed by atoms with Crippen molar-refractivity contribution in [1.29, 1.82) is 0 Å². The predicted octanol–water partition coefficient (Wildman–Crippen LogP) is 1.83. The van der Waals surface area contributed by atoms with E-state index in [2.05, 4.69) is 15.4 Å². The van der Waals surface area contributed by atoms with E-state index in [1.165, 1.54) is 12.1 Å². The topological polar surface area (TPSA) is 93.2 Å². The second kappa shape index (κ2) is 5.04. The van der Waals surface area contributed by atoms with Crippen LogP contribution in [0.4, 0.5) is 6.01 Å². The number of nitrogens with one attached hydrogen (secondary N) is 1. The molecule has 0 aliphatic carbocycles. The minimum atomic E-state index is -0.989. The van der Waals surface area contributed by atoms with Gasteiger partial charge in [-0.05, 0) is 24.3 Å². The smallest absolute Gasteiger partial charge is 0.335 e. The standard InChI is InChI=1S/C13H12N4O3/c18-12(19)9-2-3-10-11(8-9)20-13(16-10)14-5-7-17-6-1-4-15-17/h1-4,6,8H,5,7H2,(H,14,16)(H,18,19). The maximum absolute atomic E-state index is 10.9. The zero-order chi connectivity index (χ0) is 13.9. The van der Waals surface area contributed by atoms with Crippen LogP contribution in [-0.2, 0) is 6.54 Å². The van der Waals surface area contributed by atoms with Gasteiger partial charge >= 0.3 is 5.97 Å². The number of carboxylic acid groups (broad SMARTS) is 1. The van der Waals surface area contributed by atoms with Crippen molar-refractivity contribution in [2.24, 2.45) is 0 Å². The Morgan fingerprint density at radius 2 is 2.35 bits per heavy atom. The van der Waals surface area contributed by atoms with E-state index >= 15 is 0 Å². The van der Waals surface area contributed by atoms with Gasteiger partial charge in [0.2, 0.25) is 0 Å². The highest BCUT2D eigenvalue weighted by molar-refractivity contribution is 5.92. The van der Waals surface area contributed by atoms with E-state index in [4.69, 9.17) is 9.52 Å².